The minimum atomic E-state index is -0.542. The van der Waals surface area contributed by atoms with Gasteiger partial charge in [0.15, 0.2) is 6.61 Å². The number of amides is 2. The van der Waals surface area contributed by atoms with Crippen molar-refractivity contribution in [2.75, 3.05) is 23.6 Å². The third kappa shape index (κ3) is 4.84. The third-order valence-corrected chi connectivity index (χ3v) is 5.49. The number of hydrogen-bond acceptors (Lipinski definition) is 5. The van der Waals surface area contributed by atoms with E-state index in [9.17, 15) is 9.59 Å². The smallest absolute Gasteiger partial charge is 0.261 e. The second-order valence-corrected chi connectivity index (χ2v) is 7.34. The van der Waals surface area contributed by atoms with Gasteiger partial charge in [0, 0.05) is 11.4 Å². The first-order valence-corrected chi connectivity index (χ1v) is 10.2. The lowest BCUT2D eigenvalue weighted by molar-refractivity contribution is -0.137. The van der Waals surface area contributed by atoms with Gasteiger partial charge in [0.25, 0.3) is 5.91 Å². The van der Waals surface area contributed by atoms with Crippen molar-refractivity contribution in [1.82, 2.24) is 4.90 Å². The van der Waals surface area contributed by atoms with Crippen molar-refractivity contribution < 1.29 is 14.3 Å². The Morgan fingerprint density at radius 2 is 1.93 bits per heavy atom. The fourth-order valence-electron chi connectivity index (χ4n) is 2.81. The fraction of sp³-hybridized carbons (Fsp3) is 0.286. The van der Waals surface area contributed by atoms with Crippen molar-refractivity contribution in [3.05, 3.63) is 59.7 Å². The van der Waals surface area contributed by atoms with Crippen molar-refractivity contribution in [3.63, 3.8) is 0 Å². The van der Waals surface area contributed by atoms with E-state index < -0.39 is 6.04 Å². The number of benzene rings is 2. The van der Waals surface area contributed by atoms with Crippen LogP contribution in [0.1, 0.15) is 18.1 Å². The number of ether oxygens (including phenoxy) is 1. The summed E-state index contributed by atoms with van der Waals surface area (Å²) in [5.41, 5.74) is 2.32. The Balaban J connectivity index is 1.56. The Bertz CT molecular complexity index is 875. The number of nitrogens with one attached hydrogen (secondary N) is 1. The molecule has 1 fully saturated rings. The van der Waals surface area contributed by atoms with Gasteiger partial charge in [0.1, 0.15) is 11.8 Å². The van der Waals surface area contributed by atoms with Gasteiger partial charge in [0.2, 0.25) is 5.91 Å². The van der Waals surface area contributed by atoms with Crippen LogP contribution in [-0.2, 0) is 16.0 Å². The normalized spacial score (nSPS) is 15.7. The lowest BCUT2D eigenvalue weighted by atomic mass is 10.2. The monoisotopic (exact) mass is 395 g/mol. The van der Waals surface area contributed by atoms with Gasteiger partial charge in [-0.3, -0.25) is 9.59 Å². The van der Waals surface area contributed by atoms with Crippen LogP contribution in [0, 0.1) is 11.3 Å². The number of carbonyl (C=O) groups is 2. The van der Waals surface area contributed by atoms with E-state index in [2.05, 4.69) is 12.2 Å². The number of nitrogens with zero attached hydrogens (tertiary/aromatic N) is 2. The molecule has 0 bridgehead atoms. The van der Waals surface area contributed by atoms with Crippen LogP contribution in [-0.4, -0.2) is 41.0 Å². The largest absolute Gasteiger partial charge is 0.484 e. The van der Waals surface area contributed by atoms with Gasteiger partial charge in [0.05, 0.1) is 17.5 Å². The van der Waals surface area contributed by atoms with Gasteiger partial charge in [-0.05, 0) is 48.4 Å². The Morgan fingerprint density at radius 3 is 2.57 bits per heavy atom. The van der Waals surface area contributed by atoms with Crippen LogP contribution < -0.4 is 10.1 Å². The lowest BCUT2D eigenvalue weighted by Crippen LogP contribution is -2.46. The van der Waals surface area contributed by atoms with Crippen molar-refractivity contribution in [2.45, 2.75) is 19.4 Å². The standard InChI is InChI=1S/C21H21N3O3S/c1-2-15-5-9-18(10-6-15)27-12-20(25)24-14-28-13-19(24)21(26)23-17-7-3-16(11-22)4-8-17/h3-10,19H,2,12-14H2,1H3,(H,23,26). The first-order chi connectivity index (χ1) is 13.6. The molecule has 0 spiro atoms. The Labute approximate surface area is 168 Å². The summed E-state index contributed by atoms with van der Waals surface area (Å²) in [4.78, 5) is 26.7. The maximum Gasteiger partial charge on any atom is 0.261 e. The summed E-state index contributed by atoms with van der Waals surface area (Å²) >= 11 is 1.54. The molecule has 0 radical (unpaired) electrons. The number of aryl methyl sites for hydroxylation is 1. The van der Waals surface area contributed by atoms with E-state index in [1.165, 1.54) is 17.3 Å². The zero-order chi connectivity index (χ0) is 19.9. The molecule has 0 saturated carbocycles. The maximum absolute atomic E-state index is 12.6. The van der Waals surface area contributed by atoms with Crippen LogP contribution in [0.5, 0.6) is 5.75 Å². The highest BCUT2D eigenvalue weighted by atomic mass is 32.2. The van der Waals surface area contributed by atoms with Crippen molar-refractivity contribution in [1.29, 1.82) is 5.26 Å². The summed E-state index contributed by atoms with van der Waals surface area (Å²) in [6, 6.07) is 15.8. The van der Waals surface area contributed by atoms with E-state index in [0.29, 0.717) is 28.6 Å². The Hall–Kier alpha value is -2.98. The molecule has 6 nitrogen and oxygen atoms in total. The predicted octanol–water partition coefficient (Wildman–Crippen LogP) is 3.04. The van der Waals surface area contributed by atoms with E-state index in [-0.39, 0.29) is 18.4 Å². The maximum atomic E-state index is 12.6. The molecular formula is C21H21N3O3S. The van der Waals surface area contributed by atoms with Gasteiger partial charge < -0.3 is 15.0 Å². The quantitative estimate of drug-likeness (QED) is 0.813. The molecule has 144 valence electrons. The van der Waals surface area contributed by atoms with Crippen LogP contribution in [0.3, 0.4) is 0 Å². The molecule has 1 saturated heterocycles. The first kappa shape index (κ1) is 19.8. The predicted molar refractivity (Wildman–Crippen MR) is 109 cm³/mol. The van der Waals surface area contributed by atoms with Crippen molar-refractivity contribution >= 4 is 29.3 Å². The molecule has 28 heavy (non-hydrogen) atoms. The average Bonchev–Trinajstić information content (AvgIpc) is 3.23. The van der Waals surface area contributed by atoms with Crippen LogP contribution in [0.4, 0.5) is 5.69 Å². The number of rotatable bonds is 6. The molecule has 1 N–H and O–H groups in total. The molecule has 2 aromatic carbocycles. The summed E-state index contributed by atoms with van der Waals surface area (Å²) in [7, 11) is 0. The number of anilines is 1. The summed E-state index contributed by atoms with van der Waals surface area (Å²) in [5.74, 6) is 1.18. The van der Waals surface area contributed by atoms with Crippen LogP contribution in [0.2, 0.25) is 0 Å². The molecule has 1 unspecified atom stereocenters. The molecule has 2 aromatic rings. The zero-order valence-corrected chi connectivity index (χ0v) is 16.4. The third-order valence-electron chi connectivity index (χ3n) is 4.48. The molecule has 1 heterocycles. The topological polar surface area (TPSA) is 82.4 Å². The molecular weight excluding hydrogens is 374 g/mol. The minimum Gasteiger partial charge on any atom is -0.484 e. The molecule has 1 aliphatic rings. The summed E-state index contributed by atoms with van der Waals surface area (Å²) in [5, 5.41) is 11.7. The van der Waals surface area contributed by atoms with Gasteiger partial charge in [-0.2, -0.15) is 5.26 Å². The van der Waals surface area contributed by atoms with Gasteiger partial charge in [-0.25, -0.2) is 0 Å². The first-order valence-electron chi connectivity index (χ1n) is 9.00. The van der Waals surface area contributed by atoms with Crippen LogP contribution in [0.25, 0.3) is 0 Å². The fourth-order valence-corrected chi connectivity index (χ4v) is 3.99. The molecule has 0 aromatic heterocycles. The lowest BCUT2D eigenvalue weighted by Gasteiger charge is -2.23. The highest BCUT2D eigenvalue weighted by molar-refractivity contribution is 7.99. The second-order valence-electron chi connectivity index (χ2n) is 6.34. The molecule has 3 rings (SSSR count). The van der Waals surface area contributed by atoms with Gasteiger partial charge >= 0.3 is 0 Å². The van der Waals surface area contributed by atoms with Gasteiger partial charge in [-0.1, -0.05) is 19.1 Å². The summed E-state index contributed by atoms with van der Waals surface area (Å²) < 4.78 is 5.59. The molecule has 1 aliphatic heterocycles. The van der Waals surface area contributed by atoms with Crippen LogP contribution >= 0.6 is 11.8 Å². The van der Waals surface area contributed by atoms with Crippen LogP contribution in [0.15, 0.2) is 48.5 Å². The van der Waals surface area contributed by atoms with Crippen molar-refractivity contribution in [3.8, 4) is 11.8 Å². The van der Waals surface area contributed by atoms with E-state index >= 15 is 0 Å². The Morgan fingerprint density at radius 1 is 1.21 bits per heavy atom. The van der Waals surface area contributed by atoms with E-state index in [4.69, 9.17) is 10.00 Å². The summed E-state index contributed by atoms with van der Waals surface area (Å²) in [6.45, 7) is 1.97. The molecule has 0 aliphatic carbocycles. The van der Waals surface area contributed by atoms with E-state index in [1.807, 2.05) is 30.3 Å². The number of nitriles is 1. The molecule has 2 amide bonds. The zero-order valence-electron chi connectivity index (χ0n) is 15.6. The SMILES string of the molecule is CCc1ccc(OCC(=O)N2CSCC2C(=O)Nc2ccc(C#N)cc2)cc1. The van der Waals surface area contributed by atoms with E-state index in [1.54, 1.807) is 29.2 Å². The summed E-state index contributed by atoms with van der Waals surface area (Å²) in [6.07, 6.45) is 0.945. The highest BCUT2D eigenvalue weighted by Crippen LogP contribution is 2.23. The average molecular weight is 395 g/mol. The highest BCUT2D eigenvalue weighted by Gasteiger charge is 2.34. The number of hydrogen-bond donors (Lipinski definition) is 1. The minimum absolute atomic E-state index is 0.104. The molecule has 1 atom stereocenters. The Kier molecular flexibility index (Phi) is 6.56. The number of thioether (sulfide) groups is 1. The van der Waals surface area contributed by atoms with E-state index in [0.717, 1.165) is 6.42 Å². The van der Waals surface area contributed by atoms with Gasteiger partial charge in [-0.15, -0.1) is 11.8 Å². The number of carbonyl (C=O) groups excluding carboxylic acids is 2. The van der Waals surface area contributed by atoms with Crippen molar-refractivity contribution in [2.24, 2.45) is 0 Å². The second kappa shape index (κ2) is 9.29. The molecule has 7 heteroatoms.